The van der Waals surface area contributed by atoms with E-state index in [9.17, 15) is 5.11 Å². The lowest BCUT2D eigenvalue weighted by atomic mass is 9.98. The maximum absolute atomic E-state index is 10.7. The van der Waals surface area contributed by atoms with E-state index >= 15 is 0 Å². The van der Waals surface area contributed by atoms with Gasteiger partial charge in [-0.15, -0.1) is 0 Å². The third kappa shape index (κ3) is 2.14. The zero-order chi connectivity index (χ0) is 14.1. The molecular weight excluding hydrogens is 250 g/mol. The third-order valence-corrected chi connectivity index (χ3v) is 3.39. The van der Waals surface area contributed by atoms with E-state index in [1.165, 1.54) is 0 Å². The molecule has 1 N–H and O–H groups in total. The summed E-state index contributed by atoms with van der Waals surface area (Å²) in [6.45, 7) is 3.72. The fraction of sp³-hybridized carbons (Fsp3) is 0.188. The van der Waals surface area contributed by atoms with Gasteiger partial charge in [0.1, 0.15) is 6.10 Å². The molecule has 0 fully saturated rings. The number of nitrogens with zero attached hydrogens (tertiary/aromatic N) is 3. The second-order valence-electron chi connectivity index (χ2n) is 4.85. The summed E-state index contributed by atoms with van der Waals surface area (Å²) in [5.74, 6) is 0. The molecule has 1 aromatic carbocycles. The predicted molar refractivity (Wildman–Crippen MR) is 77.3 cm³/mol. The Kier molecular flexibility index (Phi) is 3.16. The summed E-state index contributed by atoms with van der Waals surface area (Å²) in [4.78, 5) is 4.38. The van der Waals surface area contributed by atoms with Crippen LogP contribution in [0.3, 0.4) is 0 Å². The van der Waals surface area contributed by atoms with Gasteiger partial charge in [-0.2, -0.15) is 10.2 Å². The van der Waals surface area contributed by atoms with Gasteiger partial charge in [0, 0.05) is 22.7 Å². The third-order valence-electron chi connectivity index (χ3n) is 3.39. The summed E-state index contributed by atoms with van der Waals surface area (Å²) in [5, 5.41) is 19.8. The highest BCUT2D eigenvalue weighted by atomic mass is 16.3. The SMILES string of the molecule is Cc1cc(C(O)c2cccc3cccnc23)c(C)nn1. The van der Waals surface area contributed by atoms with E-state index in [0.29, 0.717) is 0 Å². The van der Waals surface area contributed by atoms with Crippen molar-refractivity contribution in [3.63, 3.8) is 0 Å². The van der Waals surface area contributed by atoms with Gasteiger partial charge in [0.2, 0.25) is 0 Å². The number of para-hydroxylation sites is 1. The number of aryl methyl sites for hydroxylation is 2. The second-order valence-corrected chi connectivity index (χ2v) is 4.85. The van der Waals surface area contributed by atoms with Crippen molar-refractivity contribution >= 4 is 10.9 Å². The van der Waals surface area contributed by atoms with E-state index in [4.69, 9.17) is 0 Å². The molecular formula is C16H15N3O. The molecule has 0 saturated heterocycles. The average molecular weight is 265 g/mol. The molecule has 0 saturated carbocycles. The summed E-state index contributed by atoms with van der Waals surface area (Å²) in [5.41, 5.74) is 3.90. The van der Waals surface area contributed by atoms with Gasteiger partial charge in [0.15, 0.2) is 0 Å². The molecule has 3 rings (SSSR count). The minimum absolute atomic E-state index is 0.732. The van der Waals surface area contributed by atoms with Crippen LogP contribution >= 0.6 is 0 Å². The Morgan fingerprint density at radius 1 is 1.00 bits per heavy atom. The van der Waals surface area contributed by atoms with E-state index in [2.05, 4.69) is 15.2 Å². The maximum atomic E-state index is 10.7. The van der Waals surface area contributed by atoms with Crippen LogP contribution in [0.15, 0.2) is 42.6 Å². The summed E-state index contributed by atoms with van der Waals surface area (Å²) in [6, 6.07) is 11.6. The molecule has 2 heterocycles. The van der Waals surface area contributed by atoms with Gasteiger partial charge >= 0.3 is 0 Å². The van der Waals surface area contributed by atoms with Gasteiger partial charge in [0.05, 0.1) is 16.9 Å². The van der Waals surface area contributed by atoms with Crippen molar-refractivity contribution in [1.29, 1.82) is 0 Å². The van der Waals surface area contributed by atoms with Gasteiger partial charge in [-0.3, -0.25) is 4.98 Å². The van der Waals surface area contributed by atoms with Crippen LogP contribution in [-0.4, -0.2) is 20.3 Å². The largest absolute Gasteiger partial charge is 0.384 e. The number of benzene rings is 1. The summed E-state index contributed by atoms with van der Waals surface area (Å²) in [6.07, 6.45) is 0.990. The molecule has 0 radical (unpaired) electrons. The van der Waals surface area contributed by atoms with Crippen LogP contribution in [0.1, 0.15) is 28.6 Å². The first-order valence-corrected chi connectivity index (χ1v) is 6.49. The van der Waals surface area contributed by atoms with Crippen molar-refractivity contribution in [2.45, 2.75) is 20.0 Å². The van der Waals surface area contributed by atoms with E-state index in [1.807, 2.05) is 50.2 Å². The maximum Gasteiger partial charge on any atom is 0.108 e. The Labute approximate surface area is 117 Å². The Hall–Kier alpha value is -2.33. The van der Waals surface area contributed by atoms with Crippen molar-refractivity contribution in [3.05, 3.63) is 65.1 Å². The molecule has 4 heteroatoms. The summed E-state index contributed by atoms with van der Waals surface area (Å²) in [7, 11) is 0. The number of rotatable bonds is 2. The molecule has 0 amide bonds. The minimum Gasteiger partial charge on any atom is -0.384 e. The molecule has 0 spiro atoms. The molecule has 0 bridgehead atoms. The lowest BCUT2D eigenvalue weighted by Crippen LogP contribution is -2.06. The fourth-order valence-electron chi connectivity index (χ4n) is 2.36. The number of pyridine rings is 1. The van der Waals surface area contributed by atoms with Crippen LogP contribution in [0.4, 0.5) is 0 Å². The second kappa shape index (κ2) is 4.98. The summed E-state index contributed by atoms with van der Waals surface area (Å²) >= 11 is 0. The van der Waals surface area contributed by atoms with Crippen LogP contribution < -0.4 is 0 Å². The van der Waals surface area contributed by atoms with Crippen LogP contribution in [0.2, 0.25) is 0 Å². The van der Waals surface area contributed by atoms with E-state index < -0.39 is 6.10 Å². The Balaban J connectivity index is 2.17. The normalized spacial score (nSPS) is 12.6. The highest BCUT2D eigenvalue weighted by molar-refractivity contribution is 5.82. The predicted octanol–water partition coefficient (Wildman–Crippen LogP) is 2.72. The minimum atomic E-state index is -0.747. The highest BCUT2D eigenvalue weighted by Crippen LogP contribution is 2.28. The Morgan fingerprint density at radius 3 is 2.65 bits per heavy atom. The lowest BCUT2D eigenvalue weighted by Gasteiger charge is -2.15. The molecule has 20 heavy (non-hydrogen) atoms. The zero-order valence-corrected chi connectivity index (χ0v) is 11.4. The molecule has 4 nitrogen and oxygen atoms in total. The summed E-state index contributed by atoms with van der Waals surface area (Å²) < 4.78 is 0. The molecule has 1 unspecified atom stereocenters. The highest BCUT2D eigenvalue weighted by Gasteiger charge is 2.17. The van der Waals surface area contributed by atoms with Crippen molar-refractivity contribution in [2.75, 3.05) is 0 Å². The monoisotopic (exact) mass is 265 g/mol. The smallest absolute Gasteiger partial charge is 0.108 e. The van der Waals surface area contributed by atoms with E-state index in [1.54, 1.807) is 6.20 Å². The topological polar surface area (TPSA) is 58.9 Å². The van der Waals surface area contributed by atoms with Gasteiger partial charge in [-0.05, 0) is 26.0 Å². The number of hydrogen-bond acceptors (Lipinski definition) is 4. The number of aromatic nitrogens is 3. The van der Waals surface area contributed by atoms with Crippen molar-refractivity contribution in [2.24, 2.45) is 0 Å². The molecule has 0 aliphatic heterocycles. The molecule has 0 aliphatic carbocycles. The van der Waals surface area contributed by atoms with Crippen LogP contribution in [0.25, 0.3) is 10.9 Å². The van der Waals surface area contributed by atoms with Crippen LogP contribution in [-0.2, 0) is 0 Å². The van der Waals surface area contributed by atoms with E-state index in [0.717, 1.165) is 33.4 Å². The number of hydrogen-bond donors (Lipinski definition) is 1. The van der Waals surface area contributed by atoms with Crippen LogP contribution in [0, 0.1) is 13.8 Å². The Morgan fingerprint density at radius 2 is 1.80 bits per heavy atom. The van der Waals surface area contributed by atoms with Gasteiger partial charge < -0.3 is 5.11 Å². The molecule has 0 aliphatic rings. The van der Waals surface area contributed by atoms with Crippen molar-refractivity contribution < 1.29 is 5.11 Å². The number of aliphatic hydroxyl groups excluding tert-OH is 1. The fourth-order valence-corrected chi connectivity index (χ4v) is 2.36. The first kappa shape index (κ1) is 12.7. The number of aliphatic hydroxyl groups is 1. The standard InChI is InChI=1S/C16H15N3O/c1-10-9-14(11(2)19-18-10)16(20)13-7-3-5-12-6-4-8-17-15(12)13/h3-9,16,20H,1-2H3. The molecule has 3 aromatic rings. The first-order chi connectivity index (χ1) is 9.66. The van der Waals surface area contributed by atoms with Crippen molar-refractivity contribution in [1.82, 2.24) is 15.2 Å². The molecule has 1 atom stereocenters. The molecule has 2 aromatic heterocycles. The van der Waals surface area contributed by atoms with Gasteiger partial charge in [-0.1, -0.05) is 24.3 Å². The molecule has 100 valence electrons. The average Bonchev–Trinajstić information content (AvgIpc) is 2.48. The van der Waals surface area contributed by atoms with Gasteiger partial charge in [-0.25, -0.2) is 0 Å². The lowest BCUT2D eigenvalue weighted by molar-refractivity contribution is 0.220. The number of fused-ring (bicyclic) bond motifs is 1. The van der Waals surface area contributed by atoms with E-state index in [-0.39, 0.29) is 0 Å². The first-order valence-electron chi connectivity index (χ1n) is 6.49. The van der Waals surface area contributed by atoms with Gasteiger partial charge in [0.25, 0.3) is 0 Å². The zero-order valence-electron chi connectivity index (χ0n) is 11.4. The Bertz CT molecular complexity index is 765. The quantitative estimate of drug-likeness (QED) is 0.774. The van der Waals surface area contributed by atoms with Crippen LogP contribution in [0.5, 0.6) is 0 Å². The van der Waals surface area contributed by atoms with Crippen molar-refractivity contribution in [3.8, 4) is 0 Å².